The molecule has 0 aromatic carbocycles. The second-order valence-electron chi connectivity index (χ2n) is 7.24. The average Bonchev–Trinajstić information content (AvgIpc) is 3.22. The molecule has 0 saturated carbocycles. The Morgan fingerprint density at radius 1 is 1.29 bits per heavy atom. The van der Waals surface area contributed by atoms with Crippen LogP contribution in [0.3, 0.4) is 0 Å². The number of nitrogens with zero attached hydrogens (tertiary/aromatic N) is 5. The molecule has 148 valence electrons. The number of aromatic nitrogens is 6. The largest absolute Gasteiger partial charge is 0.317 e. The minimum absolute atomic E-state index is 0.135. The summed E-state index contributed by atoms with van der Waals surface area (Å²) in [5, 5.41) is 13.4. The van der Waals surface area contributed by atoms with Gasteiger partial charge in [-0.2, -0.15) is 10.1 Å². The van der Waals surface area contributed by atoms with Crippen LogP contribution in [0.25, 0.3) is 5.65 Å². The van der Waals surface area contributed by atoms with Crippen molar-refractivity contribution in [3.63, 3.8) is 0 Å². The van der Waals surface area contributed by atoms with E-state index in [1.54, 1.807) is 16.2 Å². The number of rotatable bonds is 4. The quantitative estimate of drug-likeness (QED) is 0.599. The number of anilines is 1. The molecule has 0 atom stereocenters. The maximum absolute atomic E-state index is 12.7. The number of hydrogen-bond acceptors (Lipinski definition) is 6. The topological polar surface area (TPSA) is 122 Å². The normalized spacial score (nSPS) is 15.2. The summed E-state index contributed by atoms with van der Waals surface area (Å²) in [6.07, 6.45) is 2.13. The van der Waals surface area contributed by atoms with Crippen LogP contribution in [0.5, 0.6) is 0 Å². The zero-order valence-electron chi connectivity index (χ0n) is 16.2. The number of piperidine rings is 1. The van der Waals surface area contributed by atoms with Crippen LogP contribution in [0.4, 0.5) is 5.95 Å². The number of hydrogen-bond donors (Lipinski definition) is 3. The molecule has 3 aromatic rings. The predicted octanol–water partition coefficient (Wildman–Crippen LogP) is 0.416. The Balaban J connectivity index is 1.53. The maximum Gasteiger partial charge on any atom is 0.266 e. The van der Waals surface area contributed by atoms with Crippen molar-refractivity contribution in [3.05, 3.63) is 39.2 Å². The van der Waals surface area contributed by atoms with E-state index in [-0.39, 0.29) is 17.9 Å². The van der Waals surface area contributed by atoms with Gasteiger partial charge in [0.1, 0.15) is 0 Å². The van der Waals surface area contributed by atoms with Gasteiger partial charge in [-0.1, -0.05) is 0 Å². The highest BCUT2D eigenvalue weighted by Gasteiger charge is 2.22. The summed E-state index contributed by atoms with van der Waals surface area (Å²) in [7, 11) is 1.78. The zero-order chi connectivity index (χ0) is 19.8. The SMILES string of the molecule is Cc1nc2cc(=O)[nH]n2c(C)c1CC(=O)Nc1nc(C2CCNCC2)nn1C. The fraction of sp³-hybridized carbons (Fsp3) is 0.500. The van der Waals surface area contributed by atoms with E-state index in [1.165, 1.54) is 6.07 Å². The number of carbonyl (C=O) groups excluding carboxylic acids is 1. The highest BCUT2D eigenvalue weighted by molar-refractivity contribution is 5.91. The van der Waals surface area contributed by atoms with Crippen molar-refractivity contribution in [3.8, 4) is 0 Å². The van der Waals surface area contributed by atoms with E-state index in [0.29, 0.717) is 17.5 Å². The molecule has 4 rings (SSSR count). The molecular weight excluding hydrogens is 360 g/mol. The third-order valence-electron chi connectivity index (χ3n) is 5.27. The lowest BCUT2D eigenvalue weighted by molar-refractivity contribution is -0.115. The van der Waals surface area contributed by atoms with Crippen LogP contribution in [0, 0.1) is 13.8 Å². The summed E-state index contributed by atoms with van der Waals surface area (Å²) in [6, 6.07) is 1.44. The second-order valence-corrected chi connectivity index (χ2v) is 7.24. The van der Waals surface area contributed by atoms with Gasteiger partial charge in [-0.3, -0.25) is 20.0 Å². The molecule has 1 amide bonds. The molecule has 1 aliphatic rings. The molecule has 0 spiro atoms. The van der Waals surface area contributed by atoms with Crippen molar-refractivity contribution < 1.29 is 4.79 Å². The molecule has 10 heteroatoms. The Labute approximate surface area is 161 Å². The van der Waals surface area contributed by atoms with Gasteiger partial charge in [0, 0.05) is 36.0 Å². The molecule has 0 aliphatic carbocycles. The number of H-pyrrole nitrogens is 1. The summed E-state index contributed by atoms with van der Waals surface area (Å²) >= 11 is 0. The number of fused-ring (bicyclic) bond motifs is 1. The first kappa shape index (κ1) is 18.4. The van der Waals surface area contributed by atoms with E-state index < -0.39 is 0 Å². The van der Waals surface area contributed by atoms with Gasteiger partial charge < -0.3 is 5.32 Å². The standard InChI is InChI=1S/C18H24N8O2/c1-10-13(11(2)26-14(20-10)9-16(28)23-26)8-15(27)21-18-22-17(24-25(18)3)12-4-6-19-7-5-12/h9,12,19H,4-8H2,1-3H3,(H,23,28)(H,21,22,24,27). The van der Waals surface area contributed by atoms with E-state index in [2.05, 4.69) is 30.8 Å². The van der Waals surface area contributed by atoms with Gasteiger partial charge in [-0.25, -0.2) is 14.2 Å². The van der Waals surface area contributed by atoms with E-state index in [4.69, 9.17) is 0 Å². The summed E-state index contributed by atoms with van der Waals surface area (Å²) in [4.78, 5) is 33.2. The lowest BCUT2D eigenvalue weighted by atomic mass is 9.98. The molecule has 0 bridgehead atoms. The molecule has 10 nitrogen and oxygen atoms in total. The Hall–Kier alpha value is -3.01. The average molecular weight is 384 g/mol. The zero-order valence-corrected chi connectivity index (χ0v) is 16.2. The highest BCUT2D eigenvalue weighted by Crippen LogP contribution is 2.23. The summed E-state index contributed by atoms with van der Waals surface area (Å²) in [6.45, 7) is 5.61. The van der Waals surface area contributed by atoms with E-state index in [0.717, 1.165) is 48.7 Å². The number of amides is 1. The second kappa shape index (κ2) is 7.19. The first-order valence-electron chi connectivity index (χ1n) is 9.41. The molecule has 28 heavy (non-hydrogen) atoms. The van der Waals surface area contributed by atoms with Crippen molar-refractivity contribution in [2.24, 2.45) is 7.05 Å². The van der Waals surface area contributed by atoms with Gasteiger partial charge >= 0.3 is 0 Å². The van der Waals surface area contributed by atoms with Crippen LogP contribution in [0.2, 0.25) is 0 Å². The smallest absolute Gasteiger partial charge is 0.266 e. The molecule has 1 aliphatic heterocycles. The van der Waals surface area contributed by atoms with Crippen molar-refractivity contribution in [2.75, 3.05) is 18.4 Å². The van der Waals surface area contributed by atoms with Gasteiger partial charge in [0.2, 0.25) is 11.9 Å². The van der Waals surface area contributed by atoms with Gasteiger partial charge in [0.15, 0.2) is 11.5 Å². The third kappa shape index (κ3) is 3.42. The number of nitrogens with one attached hydrogen (secondary N) is 3. The fourth-order valence-electron chi connectivity index (χ4n) is 3.71. The molecule has 4 heterocycles. The lowest BCUT2D eigenvalue weighted by Crippen LogP contribution is -2.27. The van der Waals surface area contributed by atoms with Crippen LogP contribution < -0.4 is 16.2 Å². The predicted molar refractivity (Wildman–Crippen MR) is 103 cm³/mol. The van der Waals surface area contributed by atoms with E-state index in [1.807, 2.05) is 13.8 Å². The Morgan fingerprint density at radius 3 is 2.79 bits per heavy atom. The summed E-state index contributed by atoms with van der Waals surface area (Å²) in [5.74, 6) is 1.34. The van der Waals surface area contributed by atoms with Gasteiger partial charge in [-0.15, -0.1) is 0 Å². The molecule has 0 unspecified atom stereocenters. The molecule has 3 aromatic heterocycles. The molecule has 3 N–H and O–H groups in total. The molecule has 1 fully saturated rings. The fourth-order valence-corrected chi connectivity index (χ4v) is 3.71. The third-order valence-corrected chi connectivity index (χ3v) is 5.27. The Morgan fingerprint density at radius 2 is 2.04 bits per heavy atom. The molecule has 1 saturated heterocycles. The monoisotopic (exact) mass is 384 g/mol. The first-order valence-corrected chi connectivity index (χ1v) is 9.41. The molecule has 0 radical (unpaired) electrons. The van der Waals surface area contributed by atoms with Crippen molar-refractivity contribution in [1.29, 1.82) is 0 Å². The van der Waals surface area contributed by atoms with E-state index in [9.17, 15) is 9.59 Å². The van der Waals surface area contributed by atoms with E-state index >= 15 is 0 Å². The van der Waals surface area contributed by atoms with Crippen LogP contribution in [-0.4, -0.2) is 48.4 Å². The minimum atomic E-state index is -0.221. The van der Waals surface area contributed by atoms with Crippen molar-refractivity contribution in [1.82, 2.24) is 34.7 Å². The number of carbonyl (C=O) groups is 1. The van der Waals surface area contributed by atoms with Gasteiger partial charge in [0.05, 0.1) is 6.42 Å². The van der Waals surface area contributed by atoms with Crippen molar-refractivity contribution >= 4 is 17.5 Å². The van der Waals surface area contributed by atoms with Crippen LogP contribution >= 0.6 is 0 Å². The summed E-state index contributed by atoms with van der Waals surface area (Å²) in [5.41, 5.74) is 2.61. The van der Waals surface area contributed by atoms with Crippen molar-refractivity contribution in [2.45, 2.75) is 39.0 Å². The van der Waals surface area contributed by atoms with Crippen LogP contribution in [-0.2, 0) is 18.3 Å². The maximum atomic E-state index is 12.7. The number of aromatic amines is 1. The Kier molecular flexibility index (Phi) is 4.71. The molecular formula is C18H24N8O2. The van der Waals surface area contributed by atoms with Gasteiger partial charge in [-0.05, 0) is 39.8 Å². The summed E-state index contributed by atoms with van der Waals surface area (Å²) < 4.78 is 3.22. The minimum Gasteiger partial charge on any atom is -0.317 e. The Bertz CT molecular complexity index is 1090. The van der Waals surface area contributed by atoms with Crippen LogP contribution in [0.1, 0.15) is 41.5 Å². The lowest BCUT2D eigenvalue weighted by Gasteiger charge is -2.19. The first-order chi connectivity index (χ1) is 13.4. The highest BCUT2D eigenvalue weighted by atomic mass is 16.2. The van der Waals surface area contributed by atoms with Gasteiger partial charge in [0.25, 0.3) is 5.56 Å². The van der Waals surface area contributed by atoms with Crippen LogP contribution in [0.15, 0.2) is 10.9 Å². The number of aryl methyl sites for hydroxylation is 3.